The number of amides is 1. The van der Waals surface area contributed by atoms with Gasteiger partial charge in [-0.15, -0.1) is 0 Å². The topological polar surface area (TPSA) is 73.1 Å². The molecule has 0 spiro atoms. The Hall–Kier alpha value is -3.15. The number of rotatable bonds is 5. The summed E-state index contributed by atoms with van der Waals surface area (Å²) in [7, 11) is 0. The fourth-order valence-electron chi connectivity index (χ4n) is 3.33. The number of fused-ring (bicyclic) bond motifs is 1. The smallest absolute Gasteiger partial charge is 0.336 e. The fraction of sp³-hybridized carbons (Fsp3) is 0.348. The normalized spacial score (nSPS) is 13.3. The molecule has 0 radical (unpaired) electrons. The number of benzene rings is 2. The molecule has 0 bridgehead atoms. The zero-order chi connectivity index (χ0) is 21.3. The molecule has 2 atom stereocenters. The van der Waals surface area contributed by atoms with E-state index in [-0.39, 0.29) is 17.5 Å². The van der Waals surface area contributed by atoms with Crippen molar-refractivity contribution in [2.75, 3.05) is 0 Å². The van der Waals surface area contributed by atoms with Gasteiger partial charge in [-0.1, -0.05) is 25.1 Å². The molecule has 3 aromatic rings. The predicted molar refractivity (Wildman–Crippen MR) is 116 cm³/mol. The molecule has 0 saturated heterocycles. The van der Waals surface area contributed by atoms with Gasteiger partial charge in [-0.25, -0.2) is 9.36 Å². The van der Waals surface area contributed by atoms with Gasteiger partial charge in [-0.05, 0) is 69.5 Å². The molecule has 0 saturated carbocycles. The summed E-state index contributed by atoms with van der Waals surface area (Å²) in [5.74, 6) is -0.253. The highest BCUT2D eigenvalue weighted by atomic mass is 16.2. The molecule has 1 aromatic heterocycles. The van der Waals surface area contributed by atoms with E-state index in [0.29, 0.717) is 16.6 Å². The highest BCUT2D eigenvalue weighted by Gasteiger charge is 2.23. The van der Waals surface area contributed by atoms with Gasteiger partial charge in [0.25, 0.3) is 5.56 Å². The molecule has 0 aliphatic carbocycles. The fourth-order valence-corrected chi connectivity index (χ4v) is 3.33. The van der Waals surface area contributed by atoms with Gasteiger partial charge in [-0.2, -0.15) is 0 Å². The molecule has 1 heterocycles. The molecule has 0 aliphatic heterocycles. The van der Waals surface area contributed by atoms with Crippen LogP contribution < -0.4 is 16.6 Å². The lowest BCUT2D eigenvalue weighted by atomic mass is 10.1. The first-order chi connectivity index (χ1) is 13.8. The van der Waals surface area contributed by atoms with Crippen molar-refractivity contribution in [3.05, 3.63) is 74.4 Å². The lowest BCUT2D eigenvalue weighted by Crippen LogP contribution is -2.45. The Labute approximate surface area is 169 Å². The van der Waals surface area contributed by atoms with Crippen molar-refractivity contribution in [3.8, 4) is 5.69 Å². The summed E-state index contributed by atoms with van der Waals surface area (Å²) in [6.07, 6.45) is 0.788. The van der Waals surface area contributed by atoms with Gasteiger partial charge in [-0.3, -0.25) is 14.2 Å². The molecule has 0 aliphatic rings. The van der Waals surface area contributed by atoms with E-state index >= 15 is 0 Å². The van der Waals surface area contributed by atoms with Gasteiger partial charge < -0.3 is 5.32 Å². The summed E-state index contributed by atoms with van der Waals surface area (Å²) in [5, 5.41) is 3.32. The number of para-hydroxylation sites is 1. The molecule has 0 fully saturated rings. The third kappa shape index (κ3) is 3.75. The van der Waals surface area contributed by atoms with Gasteiger partial charge in [0.15, 0.2) is 0 Å². The largest absolute Gasteiger partial charge is 0.352 e. The van der Waals surface area contributed by atoms with Crippen molar-refractivity contribution >= 4 is 16.8 Å². The van der Waals surface area contributed by atoms with E-state index in [9.17, 15) is 14.4 Å². The SMILES string of the molecule is CC[C@@H](C)NC(=O)[C@H](C)n1c(=O)n(-c2ccc(C)c(C)c2)c(=O)c2ccccc21. The van der Waals surface area contributed by atoms with E-state index in [0.717, 1.165) is 22.1 Å². The maximum atomic E-state index is 13.4. The van der Waals surface area contributed by atoms with Gasteiger partial charge in [0.05, 0.1) is 16.6 Å². The second-order valence-corrected chi connectivity index (χ2v) is 7.57. The predicted octanol–water partition coefficient (Wildman–Crippen LogP) is 3.24. The summed E-state index contributed by atoms with van der Waals surface area (Å²) in [6, 6.07) is 11.6. The van der Waals surface area contributed by atoms with Crippen LogP contribution in [0.4, 0.5) is 0 Å². The van der Waals surface area contributed by atoms with Gasteiger partial charge in [0.2, 0.25) is 5.91 Å². The second-order valence-electron chi connectivity index (χ2n) is 7.57. The highest BCUT2D eigenvalue weighted by molar-refractivity contribution is 5.84. The minimum absolute atomic E-state index is 0.00225. The number of hydrogen-bond donors (Lipinski definition) is 1. The van der Waals surface area contributed by atoms with E-state index in [1.165, 1.54) is 4.57 Å². The Morgan fingerprint density at radius 2 is 1.72 bits per heavy atom. The first kappa shape index (κ1) is 20.6. The Morgan fingerprint density at radius 3 is 2.38 bits per heavy atom. The number of aryl methyl sites for hydroxylation is 2. The maximum Gasteiger partial charge on any atom is 0.336 e. The molecule has 1 N–H and O–H groups in total. The number of carbonyl (C=O) groups is 1. The first-order valence-corrected chi connectivity index (χ1v) is 9.90. The number of nitrogens with one attached hydrogen (secondary N) is 1. The Kier molecular flexibility index (Phi) is 5.73. The van der Waals surface area contributed by atoms with Crippen LogP contribution in [0, 0.1) is 13.8 Å². The molecule has 2 aromatic carbocycles. The Morgan fingerprint density at radius 1 is 1.03 bits per heavy atom. The zero-order valence-corrected chi connectivity index (χ0v) is 17.5. The average Bonchev–Trinajstić information content (AvgIpc) is 2.70. The van der Waals surface area contributed by atoms with Crippen LogP contribution in [0.15, 0.2) is 52.1 Å². The first-order valence-electron chi connectivity index (χ1n) is 9.90. The minimum atomic E-state index is -0.764. The summed E-state index contributed by atoms with van der Waals surface area (Å²) < 4.78 is 2.56. The molecule has 3 rings (SSSR count). The van der Waals surface area contributed by atoms with Crippen molar-refractivity contribution < 1.29 is 4.79 Å². The third-order valence-electron chi connectivity index (χ3n) is 5.51. The van der Waals surface area contributed by atoms with Crippen LogP contribution in [-0.4, -0.2) is 21.1 Å². The number of hydrogen-bond acceptors (Lipinski definition) is 3. The highest BCUT2D eigenvalue weighted by Crippen LogP contribution is 2.16. The van der Waals surface area contributed by atoms with Crippen LogP contribution in [0.2, 0.25) is 0 Å². The lowest BCUT2D eigenvalue weighted by molar-refractivity contribution is -0.124. The molecule has 152 valence electrons. The third-order valence-corrected chi connectivity index (χ3v) is 5.51. The molecule has 6 heteroatoms. The minimum Gasteiger partial charge on any atom is -0.352 e. The van der Waals surface area contributed by atoms with Crippen LogP contribution in [0.1, 0.15) is 44.4 Å². The number of carbonyl (C=O) groups excluding carboxylic acids is 1. The average molecular weight is 393 g/mol. The summed E-state index contributed by atoms with van der Waals surface area (Å²) in [6.45, 7) is 9.49. The van der Waals surface area contributed by atoms with Crippen molar-refractivity contribution in [2.45, 2.75) is 53.1 Å². The van der Waals surface area contributed by atoms with Crippen molar-refractivity contribution in [1.82, 2.24) is 14.5 Å². The number of aromatic nitrogens is 2. The summed E-state index contributed by atoms with van der Waals surface area (Å²) in [4.78, 5) is 39.4. The van der Waals surface area contributed by atoms with E-state index in [4.69, 9.17) is 0 Å². The zero-order valence-electron chi connectivity index (χ0n) is 17.5. The standard InChI is InChI=1S/C23H27N3O3/c1-6-16(4)24-21(27)17(5)25-20-10-8-7-9-19(20)22(28)26(23(25)29)18-12-11-14(2)15(3)13-18/h7-13,16-17H,6H2,1-5H3,(H,24,27)/t16-,17+/m1/s1. The molecular formula is C23H27N3O3. The van der Waals surface area contributed by atoms with E-state index in [2.05, 4.69) is 5.32 Å². The van der Waals surface area contributed by atoms with Gasteiger partial charge in [0, 0.05) is 6.04 Å². The van der Waals surface area contributed by atoms with Crippen molar-refractivity contribution in [1.29, 1.82) is 0 Å². The quantitative estimate of drug-likeness (QED) is 0.723. The van der Waals surface area contributed by atoms with E-state index < -0.39 is 11.7 Å². The van der Waals surface area contributed by atoms with Crippen LogP contribution >= 0.6 is 0 Å². The molecule has 29 heavy (non-hydrogen) atoms. The molecule has 0 unspecified atom stereocenters. The summed E-state index contributed by atoms with van der Waals surface area (Å²) in [5.41, 5.74) is 2.09. The number of nitrogens with zero attached hydrogens (tertiary/aromatic N) is 2. The van der Waals surface area contributed by atoms with Crippen molar-refractivity contribution in [2.24, 2.45) is 0 Å². The Bertz CT molecular complexity index is 1190. The second kappa shape index (κ2) is 8.07. The lowest BCUT2D eigenvalue weighted by Gasteiger charge is -2.21. The van der Waals surface area contributed by atoms with Gasteiger partial charge >= 0.3 is 5.69 Å². The van der Waals surface area contributed by atoms with E-state index in [1.54, 1.807) is 37.3 Å². The van der Waals surface area contributed by atoms with Gasteiger partial charge in [0.1, 0.15) is 6.04 Å². The monoisotopic (exact) mass is 393 g/mol. The maximum absolute atomic E-state index is 13.4. The molecule has 6 nitrogen and oxygen atoms in total. The van der Waals surface area contributed by atoms with Crippen LogP contribution in [0.25, 0.3) is 16.6 Å². The summed E-state index contributed by atoms with van der Waals surface area (Å²) >= 11 is 0. The van der Waals surface area contributed by atoms with Crippen molar-refractivity contribution in [3.63, 3.8) is 0 Å². The molecule has 1 amide bonds. The van der Waals surface area contributed by atoms with Crippen LogP contribution in [-0.2, 0) is 4.79 Å². The van der Waals surface area contributed by atoms with Crippen LogP contribution in [0.5, 0.6) is 0 Å². The molecular weight excluding hydrogens is 366 g/mol. The van der Waals surface area contributed by atoms with Crippen LogP contribution in [0.3, 0.4) is 0 Å². The Balaban J connectivity index is 2.30. The van der Waals surface area contributed by atoms with E-state index in [1.807, 2.05) is 39.8 Å².